The topological polar surface area (TPSA) is 99.3 Å². The Morgan fingerprint density at radius 2 is 1.63 bits per heavy atom. The van der Waals surface area contributed by atoms with Gasteiger partial charge in [-0.2, -0.15) is 31.3 Å². The molecule has 10 nitrogen and oxygen atoms in total. The van der Waals surface area contributed by atoms with Crippen molar-refractivity contribution in [2.45, 2.75) is 76.1 Å². The highest BCUT2D eigenvalue weighted by atomic mass is 35.5. The van der Waals surface area contributed by atoms with Crippen LogP contribution in [0.3, 0.4) is 0 Å². The van der Waals surface area contributed by atoms with Gasteiger partial charge in [-0.05, 0) is 49.4 Å². The van der Waals surface area contributed by atoms with Gasteiger partial charge in [0.25, 0.3) is 0 Å². The van der Waals surface area contributed by atoms with E-state index in [0.717, 1.165) is 25.0 Å². The number of rotatable bonds is 9. The highest BCUT2D eigenvalue weighted by molar-refractivity contribution is 6.32. The molecule has 262 valence electrons. The summed E-state index contributed by atoms with van der Waals surface area (Å²) in [7, 11) is 0. The van der Waals surface area contributed by atoms with Crippen molar-refractivity contribution in [1.82, 2.24) is 29.5 Å². The molecule has 0 radical (unpaired) electrons. The van der Waals surface area contributed by atoms with Crippen molar-refractivity contribution < 1.29 is 31.4 Å². The van der Waals surface area contributed by atoms with E-state index in [4.69, 9.17) is 16.6 Å². The predicted octanol–water partition coefficient (Wildman–Crippen LogP) is 6.56. The van der Waals surface area contributed by atoms with Crippen molar-refractivity contribution in [3.8, 4) is 5.69 Å². The van der Waals surface area contributed by atoms with Gasteiger partial charge >= 0.3 is 12.4 Å². The van der Waals surface area contributed by atoms with Crippen molar-refractivity contribution in [2.24, 2.45) is 0 Å². The lowest BCUT2D eigenvalue weighted by Gasteiger charge is -2.32. The highest BCUT2D eigenvalue weighted by Gasteiger charge is 2.40. The highest BCUT2D eigenvalue weighted by Crippen LogP contribution is 2.39. The Balaban J connectivity index is 1.37. The Morgan fingerprint density at radius 3 is 2.22 bits per heavy atom. The van der Waals surface area contributed by atoms with E-state index in [1.807, 2.05) is 16.7 Å². The second-order valence-corrected chi connectivity index (χ2v) is 12.7. The normalized spacial score (nSPS) is 19.1. The quantitative estimate of drug-likeness (QED) is 0.194. The SMILES string of the molecule is CCC[C@@H]1C[C@H](N(Cc2cc(C(F)(F)F)cc(C(F)(F)F)c2)c2ncc(-n3ccnc3)cn2)CN1c1nc(N2CCC(O)CC2)ncc1Cl. The Kier molecular flexibility index (Phi) is 9.89. The van der Waals surface area contributed by atoms with Crippen molar-refractivity contribution in [3.63, 3.8) is 0 Å². The van der Waals surface area contributed by atoms with Gasteiger partial charge in [0.1, 0.15) is 5.02 Å². The first-order valence-corrected chi connectivity index (χ1v) is 16.3. The van der Waals surface area contributed by atoms with Gasteiger partial charge in [0, 0.05) is 44.6 Å². The zero-order valence-electron chi connectivity index (χ0n) is 26.4. The van der Waals surface area contributed by atoms with Crippen LogP contribution in [0, 0.1) is 0 Å². The number of hydrogen-bond acceptors (Lipinski definition) is 9. The number of imidazole rings is 1. The molecule has 0 aliphatic carbocycles. The molecule has 0 unspecified atom stereocenters. The summed E-state index contributed by atoms with van der Waals surface area (Å²) in [5.74, 6) is 1.08. The Labute approximate surface area is 283 Å². The number of anilines is 3. The molecule has 1 N–H and O–H groups in total. The summed E-state index contributed by atoms with van der Waals surface area (Å²) in [6.07, 6.45) is 2.15. The number of aliphatic hydroxyl groups is 1. The van der Waals surface area contributed by atoms with Gasteiger partial charge in [-0.15, -0.1) is 0 Å². The Morgan fingerprint density at radius 1 is 0.959 bits per heavy atom. The van der Waals surface area contributed by atoms with Crippen LogP contribution in [0.2, 0.25) is 5.02 Å². The van der Waals surface area contributed by atoms with E-state index >= 15 is 0 Å². The third kappa shape index (κ3) is 7.85. The fourth-order valence-corrected chi connectivity index (χ4v) is 6.63. The summed E-state index contributed by atoms with van der Waals surface area (Å²) >= 11 is 6.68. The molecule has 2 saturated heterocycles. The molecule has 0 bridgehead atoms. The van der Waals surface area contributed by atoms with E-state index in [1.165, 1.54) is 18.6 Å². The molecule has 0 spiro atoms. The van der Waals surface area contributed by atoms with Crippen LogP contribution in [-0.2, 0) is 18.9 Å². The van der Waals surface area contributed by atoms with Gasteiger partial charge in [-0.1, -0.05) is 24.9 Å². The predicted molar refractivity (Wildman–Crippen MR) is 171 cm³/mol. The van der Waals surface area contributed by atoms with Crippen LogP contribution in [-0.4, -0.2) is 72.4 Å². The Bertz CT molecular complexity index is 1680. The molecule has 3 aromatic heterocycles. The third-order valence-electron chi connectivity index (χ3n) is 8.87. The smallest absolute Gasteiger partial charge is 0.393 e. The molecule has 49 heavy (non-hydrogen) atoms. The number of halogens is 7. The largest absolute Gasteiger partial charge is 0.416 e. The maximum absolute atomic E-state index is 13.8. The number of benzene rings is 1. The second-order valence-electron chi connectivity index (χ2n) is 12.3. The lowest BCUT2D eigenvalue weighted by molar-refractivity contribution is -0.143. The molecule has 0 amide bonds. The lowest BCUT2D eigenvalue weighted by Crippen LogP contribution is -2.39. The molecule has 6 rings (SSSR count). The molecule has 1 aromatic carbocycles. The minimum Gasteiger partial charge on any atom is -0.393 e. The van der Waals surface area contributed by atoms with Gasteiger partial charge in [-0.3, -0.25) is 0 Å². The van der Waals surface area contributed by atoms with E-state index in [-0.39, 0.29) is 42.8 Å². The molecule has 5 heterocycles. The first-order valence-electron chi connectivity index (χ1n) is 15.9. The van der Waals surface area contributed by atoms with Crippen LogP contribution in [0.4, 0.5) is 44.1 Å². The zero-order valence-corrected chi connectivity index (χ0v) is 27.2. The van der Waals surface area contributed by atoms with Gasteiger partial charge in [0.2, 0.25) is 11.9 Å². The van der Waals surface area contributed by atoms with Gasteiger partial charge in [0.05, 0.1) is 53.9 Å². The number of aliphatic hydroxyl groups excluding tert-OH is 1. The maximum atomic E-state index is 13.8. The third-order valence-corrected chi connectivity index (χ3v) is 9.14. The van der Waals surface area contributed by atoms with Crippen LogP contribution in [0.5, 0.6) is 0 Å². The van der Waals surface area contributed by atoms with Gasteiger partial charge < -0.3 is 24.4 Å². The number of hydrogen-bond donors (Lipinski definition) is 1. The maximum Gasteiger partial charge on any atom is 0.416 e. The standard InChI is InChI=1S/C32H34ClF6N9O/c1-2-3-23-13-24(18-47(23)28-27(33)16-43-30(44-28)45-7-4-26(49)5-8-45)48(29-41-14-25(15-42-29)46-9-6-40-19-46)17-20-10-21(31(34,35)36)12-22(11-20)32(37,38)39/h6,9-12,14-16,19,23-24,26,49H,2-5,7-8,13,17-18H2,1H3/t23-,24+/m1/s1. The summed E-state index contributed by atoms with van der Waals surface area (Å²) in [6, 6.07) is 1.04. The number of piperidine rings is 1. The van der Waals surface area contributed by atoms with Crippen LogP contribution in [0.1, 0.15) is 55.7 Å². The average Bonchev–Trinajstić information content (AvgIpc) is 3.75. The number of aromatic nitrogens is 6. The van der Waals surface area contributed by atoms with E-state index < -0.39 is 29.5 Å². The van der Waals surface area contributed by atoms with Crippen molar-refractivity contribution >= 4 is 29.3 Å². The van der Waals surface area contributed by atoms with Crippen LogP contribution < -0.4 is 14.7 Å². The van der Waals surface area contributed by atoms with E-state index in [9.17, 15) is 31.4 Å². The Hall–Kier alpha value is -4.18. The molecule has 17 heteroatoms. The minimum absolute atomic E-state index is 0.113. The molecular formula is C32H34ClF6N9O. The molecule has 2 fully saturated rings. The van der Waals surface area contributed by atoms with Crippen molar-refractivity contribution in [1.29, 1.82) is 0 Å². The number of nitrogens with zero attached hydrogens (tertiary/aromatic N) is 9. The van der Waals surface area contributed by atoms with E-state index in [1.54, 1.807) is 28.2 Å². The van der Waals surface area contributed by atoms with E-state index in [0.29, 0.717) is 54.8 Å². The average molecular weight is 710 g/mol. The minimum atomic E-state index is -4.99. The molecule has 0 saturated carbocycles. The lowest BCUT2D eigenvalue weighted by atomic mass is 10.0. The summed E-state index contributed by atoms with van der Waals surface area (Å²) in [6.45, 7) is 3.13. The van der Waals surface area contributed by atoms with Crippen molar-refractivity contribution in [2.75, 3.05) is 34.3 Å². The molecular weight excluding hydrogens is 676 g/mol. The molecule has 2 aliphatic rings. The summed E-state index contributed by atoms with van der Waals surface area (Å²) < 4.78 is 84.6. The first-order chi connectivity index (χ1) is 23.3. The van der Waals surface area contributed by atoms with Crippen LogP contribution in [0.25, 0.3) is 5.69 Å². The second kappa shape index (κ2) is 14.0. The van der Waals surface area contributed by atoms with Crippen LogP contribution in [0.15, 0.2) is 55.5 Å². The molecule has 2 aliphatic heterocycles. The van der Waals surface area contributed by atoms with Crippen molar-refractivity contribution in [3.05, 3.63) is 77.2 Å². The molecule has 2 atom stereocenters. The number of alkyl halides is 6. The van der Waals surface area contributed by atoms with E-state index in [2.05, 4.69) is 19.9 Å². The fourth-order valence-electron chi connectivity index (χ4n) is 6.43. The fraction of sp³-hybridized carbons (Fsp3) is 0.469. The summed E-state index contributed by atoms with van der Waals surface area (Å²) in [5, 5.41) is 10.3. The van der Waals surface area contributed by atoms with Gasteiger partial charge in [0.15, 0.2) is 5.82 Å². The summed E-state index contributed by atoms with van der Waals surface area (Å²) in [5.41, 5.74) is -2.40. The zero-order chi connectivity index (χ0) is 34.9. The summed E-state index contributed by atoms with van der Waals surface area (Å²) in [4.78, 5) is 27.9. The monoisotopic (exact) mass is 709 g/mol. The first kappa shape index (κ1) is 34.7. The molecule has 4 aromatic rings. The van der Waals surface area contributed by atoms with Gasteiger partial charge in [-0.25, -0.2) is 19.9 Å². The van der Waals surface area contributed by atoms with Crippen LogP contribution >= 0.6 is 11.6 Å².